The number of carbonyl (C=O) groups excluding carboxylic acids is 1. The number of nitrogens with one attached hydrogen (secondary N) is 2. The van der Waals surface area contributed by atoms with E-state index in [4.69, 9.17) is 24.3 Å². The van der Waals surface area contributed by atoms with Crippen LogP contribution in [0.15, 0.2) is 47.5 Å². The van der Waals surface area contributed by atoms with Gasteiger partial charge in [0.2, 0.25) is 0 Å². The number of fused-ring (bicyclic) bond motifs is 1. The van der Waals surface area contributed by atoms with Crippen molar-refractivity contribution in [2.24, 2.45) is 0 Å². The molecule has 0 amide bonds. The van der Waals surface area contributed by atoms with Crippen molar-refractivity contribution in [2.75, 3.05) is 18.9 Å². The van der Waals surface area contributed by atoms with Gasteiger partial charge in [-0.25, -0.2) is 9.36 Å². The molecule has 1 aliphatic heterocycles. The molecule has 5 atom stereocenters. The third-order valence-electron chi connectivity index (χ3n) is 5.77. The topological polar surface area (TPSA) is 180 Å². The quantitative estimate of drug-likeness (QED) is 0.220. The van der Waals surface area contributed by atoms with E-state index in [1.807, 2.05) is 6.07 Å². The first-order chi connectivity index (χ1) is 17.5. The Morgan fingerprint density at radius 1 is 1.43 bits per heavy atom. The molecule has 4 rings (SSSR count). The van der Waals surface area contributed by atoms with Gasteiger partial charge in [-0.1, -0.05) is 0 Å². The highest BCUT2D eigenvalue weighted by atomic mass is 31.2. The number of aliphatic hydroxyl groups is 1. The normalized spacial score (nSPS) is 24.0. The number of esters is 1. The Kier molecular flexibility index (Phi) is 7.72. The van der Waals surface area contributed by atoms with E-state index in [1.165, 1.54) is 26.1 Å². The zero-order valence-corrected chi connectivity index (χ0v) is 21.5. The van der Waals surface area contributed by atoms with Crippen molar-refractivity contribution in [2.45, 2.75) is 51.2 Å². The number of aromatic nitrogens is 3. The van der Waals surface area contributed by atoms with Gasteiger partial charge in [-0.2, -0.15) is 10.1 Å². The number of ether oxygens (including phenoxy) is 2. The summed E-state index contributed by atoms with van der Waals surface area (Å²) in [6.07, 6.45) is 1.34. The first-order valence-corrected chi connectivity index (χ1v) is 13.2. The van der Waals surface area contributed by atoms with Crippen LogP contribution in [-0.2, 0) is 23.4 Å². The van der Waals surface area contributed by atoms with E-state index in [0.29, 0.717) is 0 Å². The number of nitrogen functional groups attached to an aromatic ring is 1. The summed E-state index contributed by atoms with van der Waals surface area (Å²) in [7, 11) is -4.16. The Balaban J connectivity index is 1.51. The van der Waals surface area contributed by atoms with Crippen molar-refractivity contribution in [1.29, 1.82) is 0 Å². The maximum Gasteiger partial charge on any atom is 0.459 e. The first-order valence-electron chi connectivity index (χ1n) is 11.7. The fraction of sp³-hybridized carbons (Fsp3) is 0.435. The first kappa shape index (κ1) is 26.8. The van der Waals surface area contributed by atoms with Crippen molar-refractivity contribution in [3.63, 3.8) is 0 Å². The summed E-state index contributed by atoms with van der Waals surface area (Å²) < 4.78 is 37.2. The van der Waals surface area contributed by atoms with Crippen molar-refractivity contribution < 1.29 is 33.0 Å². The lowest BCUT2D eigenvalue weighted by atomic mass is 10.0. The van der Waals surface area contributed by atoms with Crippen molar-refractivity contribution in [3.05, 3.63) is 53.2 Å². The lowest BCUT2D eigenvalue weighted by Gasteiger charge is -2.25. The molecule has 1 unspecified atom stereocenters. The Labute approximate surface area is 212 Å². The van der Waals surface area contributed by atoms with E-state index >= 15 is 0 Å². The summed E-state index contributed by atoms with van der Waals surface area (Å²) in [6, 6.07) is 7.26. The number of hydrogen-bond acceptors (Lipinski definition) is 10. The van der Waals surface area contributed by atoms with E-state index in [1.54, 1.807) is 31.3 Å². The number of nitrogens with two attached hydrogens (primary N) is 1. The average molecular weight is 535 g/mol. The largest absolute Gasteiger partial charge is 0.465 e. The second kappa shape index (κ2) is 10.6. The van der Waals surface area contributed by atoms with E-state index < -0.39 is 43.4 Å². The molecule has 1 aromatic carbocycles. The third kappa shape index (κ3) is 6.20. The number of aromatic amines is 1. The smallest absolute Gasteiger partial charge is 0.459 e. The molecule has 3 heterocycles. The number of H-pyrrole nitrogens is 1. The van der Waals surface area contributed by atoms with Gasteiger partial charge in [0, 0.05) is 29.7 Å². The Hall–Kier alpha value is -3.22. The van der Waals surface area contributed by atoms with E-state index in [9.17, 15) is 19.3 Å². The highest BCUT2D eigenvalue weighted by molar-refractivity contribution is 7.52. The van der Waals surface area contributed by atoms with Gasteiger partial charge >= 0.3 is 19.4 Å². The minimum atomic E-state index is -4.16. The molecule has 14 heteroatoms. The van der Waals surface area contributed by atoms with Crippen LogP contribution in [0.1, 0.15) is 33.4 Å². The number of nitrogens with zero attached hydrogens (tertiary/aromatic N) is 2. The fourth-order valence-corrected chi connectivity index (χ4v) is 5.58. The van der Waals surface area contributed by atoms with Crippen LogP contribution in [0.25, 0.3) is 10.9 Å². The molecular formula is C23H30N5O8P. The van der Waals surface area contributed by atoms with E-state index in [2.05, 4.69) is 15.1 Å². The number of benzene rings is 1. The predicted octanol–water partition coefficient (Wildman–Crippen LogP) is 2.09. The number of hydrogen-bond donors (Lipinski definition) is 4. The molecule has 2 aromatic heterocycles. The van der Waals surface area contributed by atoms with Crippen LogP contribution in [0.5, 0.6) is 5.75 Å². The Morgan fingerprint density at radius 2 is 2.22 bits per heavy atom. The number of rotatable bonds is 10. The Bertz CT molecular complexity index is 1370. The molecule has 1 aliphatic rings. The van der Waals surface area contributed by atoms with Crippen LogP contribution >= 0.6 is 7.75 Å². The second-order valence-electron chi connectivity index (χ2n) is 8.93. The molecule has 0 aliphatic carbocycles. The molecule has 200 valence electrons. The average Bonchev–Trinajstić information content (AvgIpc) is 3.41. The molecule has 0 bridgehead atoms. The summed E-state index contributed by atoms with van der Waals surface area (Å²) in [6.45, 7) is 4.50. The SMILES string of the molecule is CCOC(=O)[C@H](C)NP(=O)(OC[C@@H]1C[C@@](C)(O)[C@H](n2ccc(N)nc2=O)O1)Oc1ccc2[nH]ccc2c1. The van der Waals surface area contributed by atoms with Gasteiger partial charge in [0.25, 0.3) is 0 Å². The van der Waals surface area contributed by atoms with E-state index in [-0.39, 0.29) is 31.2 Å². The van der Waals surface area contributed by atoms with E-state index in [0.717, 1.165) is 15.5 Å². The maximum absolute atomic E-state index is 13.8. The standard InChI is InChI=1S/C23H30N5O8P/c1-4-33-20(29)14(2)27-37(32,36-16-5-6-18-15(11-16)7-9-25-18)34-13-17-12-23(3,31)21(35-17)28-10-8-19(24)26-22(28)30/h5-11,14,17,21,25,31H,4,12-13H2,1-3H3,(H,27,32)(H2,24,26,30)/t14-,17-,21+,23+,37?/m0/s1. The monoisotopic (exact) mass is 535 g/mol. The van der Waals surface area contributed by atoms with Crippen LogP contribution in [-0.4, -0.2) is 56.6 Å². The second-order valence-corrected chi connectivity index (χ2v) is 10.6. The molecule has 0 radical (unpaired) electrons. The molecule has 0 saturated carbocycles. The summed E-state index contributed by atoms with van der Waals surface area (Å²) in [4.78, 5) is 31.2. The lowest BCUT2D eigenvalue weighted by molar-refractivity contribution is -0.144. The molecular weight excluding hydrogens is 505 g/mol. The summed E-state index contributed by atoms with van der Waals surface area (Å²) >= 11 is 0. The van der Waals surface area contributed by atoms with Gasteiger partial charge in [-0.3, -0.25) is 13.9 Å². The lowest BCUT2D eigenvalue weighted by Crippen LogP contribution is -2.38. The van der Waals surface area contributed by atoms with Gasteiger partial charge < -0.3 is 29.8 Å². The van der Waals surface area contributed by atoms with Crippen LogP contribution < -0.4 is 21.0 Å². The number of carbonyl (C=O) groups is 1. The van der Waals surface area contributed by atoms with Crippen molar-refractivity contribution in [1.82, 2.24) is 19.6 Å². The summed E-state index contributed by atoms with van der Waals surface area (Å²) in [5.74, 6) is -0.349. The van der Waals surface area contributed by atoms with Crippen LogP contribution in [0.4, 0.5) is 5.82 Å². The summed E-state index contributed by atoms with van der Waals surface area (Å²) in [5.41, 5.74) is 4.25. The number of anilines is 1. The molecule has 37 heavy (non-hydrogen) atoms. The summed E-state index contributed by atoms with van der Waals surface area (Å²) in [5, 5.41) is 14.3. The highest BCUT2D eigenvalue weighted by Crippen LogP contribution is 2.47. The zero-order chi connectivity index (χ0) is 26.8. The maximum atomic E-state index is 13.8. The molecule has 1 saturated heterocycles. The van der Waals surface area contributed by atoms with Gasteiger partial charge in [0.1, 0.15) is 23.2 Å². The highest BCUT2D eigenvalue weighted by Gasteiger charge is 2.46. The Morgan fingerprint density at radius 3 is 2.95 bits per heavy atom. The van der Waals surface area contributed by atoms with Crippen molar-refractivity contribution >= 4 is 30.4 Å². The van der Waals surface area contributed by atoms with Crippen LogP contribution in [0, 0.1) is 0 Å². The third-order valence-corrected chi connectivity index (χ3v) is 7.41. The molecule has 1 fully saturated rings. The van der Waals surface area contributed by atoms with Gasteiger partial charge in [-0.05, 0) is 51.1 Å². The van der Waals surface area contributed by atoms with Gasteiger partial charge in [0.15, 0.2) is 6.23 Å². The molecule has 5 N–H and O–H groups in total. The predicted molar refractivity (Wildman–Crippen MR) is 134 cm³/mol. The minimum absolute atomic E-state index is 0.0384. The molecule has 0 spiro atoms. The molecule has 13 nitrogen and oxygen atoms in total. The van der Waals surface area contributed by atoms with Crippen LogP contribution in [0.3, 0.4) is 0 Å². The zero-order valence-electron chi connectivity index (χ0n) is 20.6. The minimum Gasteiger partial charge on any atom is -0.465 e. The fourth-order valence-electron chi connectivity index (χ4n) is 4.06. The molecule has 3 aromatic rings. The van der Waals surface area contributed by atoms with Crippen LogP contribution in [0.2, 0.25) is 0 Å². The van der Waals surface area contributed by atoms with Gasteiger partial charge in [-0.15, -0.1) is 0 Å². The van der Waals surface area contributed by atoms with Gasteiger partial charge in [0.05, 0.1) is 19.3 Å². The van der Waals surface area contributed by atoms with Crippen molar-refractivity contribution in [3.8, 4) is 5.75 Å².